The largest absolute Gasteiger partial charge is 0.466 e. The third kappa shape index (κ3) is 5.33. The minimum absolute atomic E-state index is 0.0434. The van der Waals surface area contributed by atoms with Crippen LogP contribution in [0, 0.1) is 5.92 Å². The maximum Gasteiger partial charge on any atom is 0.306 e. The Morgan fingerprint density at radius 3 is 2.31 bits per heavy atom. The number of amides is 2. The van der Waals surface area contributed by atoms with E-state index >= 15 is 0 Å². The van der Waals surface area contributed by atoms with Gasteiger partial charge >= 0.3 is 5.97 Å². The molecule has 0 rings (SSSR count). The van der Waals surface area contributed by atoms with E-state index in [0.29, 0.717) is 0 Å². The molecule has 0 aliphatic heterocycles. The van der Waals surface area contributed by atoms with Crippen molar-refractivity contribution >= 4 is 17.8 Å². The Morgan fingerprint density at radius 1 is 1.38 bits per heavy atom. The molecule has 0 saturated heterocycles. The molecule has 0 fully saturated rings. The van der Waals surface area contributed by atoms with Gasteiger partial charge in [0.1, 0.15) is 6.04 Å². The summed E-state index contributed by atoms with van der Waals surface area (Å²) >= 11 is 0. The Morgan fingerprint density at radius 2 is 1.94 bits per heavy atom. The van der Waals surface area contributed by atoms with Gasteiger partial charge in [0, 0.05) is 6.92 Å². The smallest absolute Gasteiger partial charge is 0.306 e. The van der Waals surface area contributed by atoms with Crippen LogP contribution in [0.4, 0.5) is 0 Å². The second kappa shape index (κ2) is 6.81. The topological polar surface area (TPSA) is 98.5 Å². The molecule has 3 N–H and O–H groups in total. The fourth-order valence-electron chi connectivity index (χ4n) is 1.31. The number of carbonyl (C=O) groups excluding carboxylic acids is 3. The molecule has 0 saturated carbocycles. The number of hydrogen-bond donors (Lipinski definition) is 2. The third-order valence-electron chi connectivity index (χ3n) is 2.03. The van der Waals surface area contributed by atoms with Crippen LogP contribution < -0.4 is 11.1 Å². The first-order valence-corrected chi connectivity index (χ1v) is 5.10. The number of nitrogens with one attached hydrogen (secondary N) is 1. The standard InChI is InChI=1S/C10H18N2O4/c1-4-16-8(14)5-6(2)9(10(11)15)12-7(3)13/h6,9H,4-5H2,1-3H3,(H2,11,15)(H,12,13)/t6-,9+/m0/s1. The number of ether oxygens (including phenoxy) is 1. The van der Waals surface area contributed by atoms with Crippen LogP contribution in [-0.4, -0.2) is 30.4 Å². The first-order valence-electron chi connectivity index (χ1n) is 5.10. The van der Waals surface area contributed by atoms with Gasteiger partial charge in [0.05, 0.1) is 13.0 Å². The average Bonchev–Trinajstić information content (AvgIpc) is 2.13. The van der Waals surface area contributed by atoms with Crippen molar-refractivity contribution in [3.63, 3.8) is 0 Å². The van der Waals surface area contributed by atoms with E-state index in [0.717, 1.165) is 0 Å². The summed E-state index contributed by atoms with van der Waals surface area (Å²) in [5, 5.41) is 2.41. The number of carbonyl (C=O) groups is 3. The first-order chi connectivity index (χ1) is 7.38. The average molecular weight is 230 g/mol. The lowest BCUT2D eigenvalue weighted by molar-refractivity contribution is -0.144. The third-order valence-corrected chi connectivity index (χ3v) is 2.03. The summed E-state index contributed by atoms with van der Waals surface area (Å²) in [5.41, 5.74) is 5.13. The highest BCUT2D eigenvalue weighted by Gasteiger charge is 2.25. The van der Waals surface area contributed by atoms with Gasteiger partial charge in [-0.1, -0.05) is 6.92 Å². The maximum atomic E-state index is 11.2. The van der Waals surface area contributed by atoms with Crippen LogP contribution in [0.5, 0.6) is 0 Å². The summed E-state index contributed by atoms with van der Waals surface area (Å²) < 4.78 is 4.74. The van der Waals surface area contributed by atoms with Crippen molar-refractivity contribution in [1.29, 1.82) is 0 Å². The maximum absolute atomic E-state index is 11.2. The molecule has 0 heterocycles. The van der Waals surface area contributed by atoms with Crippen molar-refractivity contribution in [3.8, 4) is 0 Å². The van der Waals surface area contributed by atoms with E-state index < -0.39 is 17.9 Å². The zero-order valence-corrected chi connectivity index (χ0v) is 9.78. The molecule has 0 aliphatic carbocycles. The van der Waals surface area contributed by atoms with Gasteiger partial charge in [-0.05, 0) is 12.8 Å². The summed E-state index contributed by atoms with van der Waals surface area (Å²) in [5.74, 6) is -1.82. The highest BCUT2D eigenvalue weighted by Crippen LogP contribution is 2.09. The quantitative estimate of drug-likeness (QED) is 0.604. The van der Waals surface area contributed by atoms with E-state index in [9.17, 15) is 14.4 Å². The zero-order chi connectivity index (χ0) is 12.7. The second-order valence-electron chi connectivity index (χ2n) is 3.57. The van der Waals surface area contributed by atoms with Crippen molar-refractivity contribution in [3.05, 3.63) is 0 Å². The number of nitrogens with two attached hydrogens (primary N) is 1. The van der Waals surface area contributed by atoms with Crippen molar-refractivity contribution in [2.75, 3.05) is 6.61 Å². The van der Waals surface area contributed by atoms with Crippen LogP contribution in [0.3, 0.4) is 0 Å². The summed E-state index contributed by atoms with van der Waals surface area (Å²) in [6, 6.07) is -0.845. The number of rotatable bonds is 6. The van der Waals surface area contributed by atoms with E-state index in [-0.39, 0.29) is 24.9 Å². The van der Waals surface area contributed by atoms with Gasteiger partial charge in [-0.3, -0.25) is 14.4 Å². The van der Waals surface area contributed by atoms with Gasteiger partial charge in [-0.15, -0.1) is 0 Å². The Kier molecular flexibility index (Phi) is 6.14. The van der Waals surface area contributed by atoms with E-state index in [1.54, 1.807) is 13.8 Å². The van der Waals surface area contributed by atoms with E-state index in [2.05, 4.69) is 5.32 Å². The first kappa shape index (κ1) is 14.4. The summed E-state index contributed by atoms with van der Waals surface area (Å²) in [7, 11) is 0. The van der Waals surface area contributed by atoms with Gasteiger partial charge in [-0.25, -0.2) is 0 Å². The molecular weight excluding hydrogens is 212 g/mol. The fraction of sp³-hybridized carbons (Fsp3) is 0.700. The minimum atomic E-state index is -0.845. The summed E-state index contributed by atoms with van der Waals surface area (Å²) in [4.78, 5) is 33.1. The molecule has 16 heavy (non-hydrogen) atoms. The van der Waals surface area contributed by atoms with Crippen LogP contribution in [0.1, 0.15) is 27.2 Å². The van der Waals surface area contributed by atoms with E-state index in [1.165, 1.54) is 6.92 Å². The zero-order valence-electron chi connectivity index (χ0n) is 9.78. The lowest BCUT2D eigenvalue weighted by Gasteiger charge is -2.20. The van der Waals surface area contributed by atoms with E-state index in [4.69, 9.17) is 10.5 Å². The molecule has 0 unspecified atom stereocenters. The van der Waals surface area contributed by atoms with Crippen LogP contribution in [-0.2, 0) is 19.1 Å². The van der Waals surface area contributed by atoms with Crippen LogP contribution in [0.2, 0.25) is 0 Å². The van der Waals surface area contributed by atoms with Crippen molar-refractivity contribution in [1.82, 2.24) is 5.32 Å². The molecule has 0 radical (unpaired) electrons. The van der Waals surface area contributed by atoms with Gasteiger partial charge in [0.15, 0.2) is 0 Å². The predicted molar refractivity (Wildman–Crippen MR) is 57.2 cm³/mol. The Balaban J connectivity index is 4.38. The molecule has 0 aromatic rings. The molecule has 0 bridgehead atoms. The Hall–Kier alpha value is -1.59. The Labute approximate surface area is 94.5 Å². The van der Waals surface area contributed by atoms with Crippen LogP contribution >= 0.6 is 0 Å². The molecule has 6 heteroatoms. The minimum Gasteiger partial charge on any atom is -0.466 e. The summed E-state index contributed by atoms with van der Waals surface area (Å²) in [6.07, 6.45) is 0.0434. The van der Waals surface area contributed by atoms with Gasteiger partial charge in [0.25, 0.3) is 0 Å². The predicted octanol–water partition coefficient (Wildman–Crippen LogP) is -0.434. The lowest BCUT2D eigenvalue weighted by Crippen LogP contribution is -2.48. The molecule has 92 valence electrons. The molecule has 0 aliphatic rings. The molecule has 0 aromatic carbocycles. The molecule has 0 aromatic heterocycles. The molecular formula is C10H18N2O4. The molecule has 0 spiro atoms. The highest BCUT2D eigenvalue weighted by atomic mass is 16.5. The highest BCUT2D eigenvalue weighted by molar-refractivity contribution is 5.86. The van der Waals surface area contributed by atoms with Gasteiger partial charge < -0.3 is 15.8 Å². The van der Waals surface area contributed by atoms with E-state index in [1.807, 2.05) is 0 Å². The fourth-order valence-corrected chi connectivity index (χ4v) is 1.31. The number of hydrogen-bond acceptors (Lipinski definition) is 4. The van der Waals surface area contributed by atoms with Gasteiger partial charge in [0.2, 0.25) is 11.8 Å². The molecule has 6 nitrogen and oxygen atoms in total. The SMILES string of the molecule is CCOC(=O)C[C@H](C)[C@@H](NC(C)=O)C(N)=O. The molecule has 2 amide bonds. The van der Waals surface area contributed by atoms with Crippen LogP contribution in [0.15, 0.2) is 0 Å². The Bertz CT molecular complexity index is 278. The summed E-state index contributed by atoms with van der Waals surface area (Å²) in [6.45, 7) is 4.92. The van der Waals surface area contributed by atoms with Crippen molar-refractivity contribution in [2.24, 2.45) is 11.7 Å². The monoisotopic (exact) mass is 230 g/mol. The van der Waals surface area contributed by atoms with Gasteiger partial charge in [-0.2, -0.15) is 0 Å². The second-order valence-corrected chi connectivity index (χ2v) is 3.57. The lowest BCUT2D eigenvalue weighted by atomic mass is 9.97. The molecule has 2 atom stereocenters. The number of esters is 1. The van der Waals surface area contributed by atoms with Crippen molar-refractivity contribution < 1.29 is 19.1 Å². The van der Waals surface area contributed by atoms with Crippen molar-refractivity contribution in [2.45, 2.75) is 33.2 Å². The van der Waals surface area contributed by atoms with Crippen LogP contribution in [0.25, 0.3) is 0 Å². The normalized spacial score (nSPS) is 13.7. The number of primary amides is 1.